The number of hydrogen-bond acceptors (Lipinski definition) is 3. The van der Waals surface area contributed by atoms with Gasteiger partial charge in [-0.2, -0.15) is 0 Å². The van der Waals surface area contributed by atoms with Gasteiger partial charge in [-0.3, -0.25) is 4.79 Å². The Morgan fingerprint density at radius 2 is 1.88 bits per heavy atom. The number of carbonyl (C=O) groups excluding carboxylic acids is 2. The lowest BCUT2D eigenvalue weighted by Gasteiger charge is -2.17. The Balaban J connectivity index is 1.89. The third kappa shape index (κ3) is 5.10. The molecule has 0 radical (unpaired) electrons. The number of halogens is 1. The molecule has 1 atom stereocenters. The van der Waals surface area contributed by atoms with E-state index in [9.17, 15) is 9.59 Å². The molecule has 0 aliphatic carbocycles. The number of amides is 1. The Hall–Kier alpha value is -2.33. The number of rotatable bonds is 6. The minimum Gasteiger partial charge on any atom is -0.452 e. The molecule has 2 aromatic rings. The number of carbonyl (C=O) groups is 2. The molecule has 0 saturated heterocycles. The normalized spacial score (nSPS) is 11.6. The Labute approximate surface area is 146 Å². The van der Waals surface area contributed by atoms with Crippen molar-refractivity contribution in [3.8, 4) is 0 Å². The van der Waals surface area contributed by atoms with Gasteiger partial charge in [0.15, 0.2) is 6.61 Å². The van der Waals surface area contributed by atoms with Crippen molar-refractivity contribution in [2.75, 3.05) is 6.61 Å². The van der Waals surface area contributed by atoms with Crippen LogP contribution in [-0.4, -0.2) is 18.5 Å². The fraction of sp³-hybridized carbons (Fsp3) is 0.263. The summed E-state index contributed by atoms with van der Waals surface area (Å²) >= 11 is 5.83. The summed E-state index contributed by atoms with van der Waals surface area (Å²) in [6.07, 6.45) is 0.747. The highest BCUT2D eigenvalue weighted by atomic mass is 35.5. The van der Waals surface area contributed by atoms with Crippen molar-refractivity contribution in [2.24, 2.45) is 0 Å². The van der Waals surface area contributed by atoms with Gasteiger partial charge in [0.1, 0.15) is 0 Å². The molecular formula is C19H20ClNO3. The maximum absolute atomic E-state index is 12.0. The molecule has 24 heavy (non-hydrogen) atoms. The third-order valence-corrected chi connectivity index (χ3v) is 3.85. The van der Waals surface area contributed by atoms with Gasteiger partial charge in [0, 0.05) is 5.02 Å². The van der Waals surface area contributed by atoms with Crippen LogP contribution in [0, 0.1) is 6.92 Å². The van der Waals surface area contributed by atoms with E-state index in [2.05, 4.69) is 5.32 Å². The number of nitrogens with one attached hydrogen (secondary N) is 1. The second kappa shape index (κ2) is 8.50. The van der Waals surface area contributed by atoms with E-state index >= 15 is 0 Å². The first-order valence-electron chi connectivity index (χ1n) is 7.78. The van der Waals surface area contributed by atoms with E-state index in [0.717, 1.165) is 17.5 Å². The lowest BCUT2D eigenvalue weighted by Crippen LogP contribution is -2.32. The second-order valence-electron chi connectivity index (χ2n) is 5.53. The van der Waals surface area contributed by atoms with Crippen LogP contribution in [0.5, 0.6) is 0 Å². The van der Waals surface area contributed by atoms with Crippen molar-refractivity contribution in [3.05, 3.63) is 70.2 Å². The first-order chi connectivity index (χ1) is 11.5. The highest BCUT2D eigenvalue weighted by molar-refractivity contribution is 6.30. The number of ether oxygens (including phenoxy) is 1. The first kappa shape index (κ1) is 18.0. The molecule has 0 fully saturated rings. The van der Waals surface area contributed by atoms with Gasteiger partial charge in [0.25, 0.3) is 5.91 Å². The molecule has 5 heteroatoms. The zero-order valence-corrected chi connectivity index (χ0v) is 14.5. The summed E-state index contributed by atoms with van der Waals surface area (Å²) in [5.41, 5.74) is 2.51. The van der Waals surface area contributed by atoms with Crippen LogP contribution < -0.4 is 5.32 Å². The molecule has 0 aliphatic rings. The molecule has 0 saturated carbocycles. The summed E-state index contributed by atoms with van der Waals surface area (Å²) < 4.78 is 5.04. The molecular weight excluding hydrogens is 326 g/mol. The van der Waals surface area contributed by atoms with Crippen molar-refractivity contribution >= 4 is 23.5 Å². The molecule has 0 spiro atoms. The SMILES string of the molecule is CC[C@H](NC(=O)COC(=O)c1cccc(Cl)c1)c1ccc(C)cc1. The molecule has 0 unspecified atom stereocenters. The highest BCUT2D eigenvalue weighted by Gasteiger charge is 2.15. The number of hydrogen-bond donors (Lipinski definition) is 1. The van der Waals surface area contributed by atoms with Gasteiger partial charge in [0.05, 0.1) is 11.6 Å². The molecule has 1 amide bonds. The largest absolute Gasteiger partial charge is 0.452 e. The fourth-order valence-corrected chi connectivity index (χ4v) is 2.48. The van der Waals surface area contributed by atoms with E-state index < -0.39 is 5.97 Å². The van der Waals surface area contributed by atoms with E-state index in [1.54, 1.807) is 18.2 Å². The lowest BCUT2D eigenvalue weighted by molar-refractivity contribution is -0.125. The third-order valence-electron chi connectivity index (χ3n) is 3.62. The van der Waals surface area contributed by atoms with Crippen LogP contribution in [0.15, 0.2) is 48.5 Å². The molecule has 4 nitrogen and oxygen atoms in total. The summed E-state index contributed by atoms with van der Waals surface area (Å²) in [7, 11) is 0. The zero-order valence-electron chi connectivity index (χ0n) is 13.7. The Kier molecular flexibility index (Phi) is 6.38. The van der Waals surface area contributed by atoms with Crippen LogP contribution in [0.2, 0.25) is 5.02 Å². The summed E-state index contributed by atoms with van der Waals surface area (Å²) in [5.74, 6) is -0.908. The summed E-state index contributed by atoms with van der Waals surface area (Å²) in [6.45, 7) is 3.68. The number of benzene rings is 2. The quantitative estimate of drug-likeness (QED) is 0.803. The Morgan fingerprint density at radius 1 is 1.17 bits per heavy atom. The van der Waals surface area contributed by atoms with Gasteiger partial charge >= 0.3 is 5.97 Å². The van der Waals surface area contributed by atoms with Gasteiger partial charge in [-0.25, -0.2) is 4.79 Å². The van der Waals surface area contributed by atoms with Crippen molar-refractivity contribution in [1.82, 2.24) is 5.32 Å². The molecule has 0 bridgehead atoms. The number of esters is 1. The molecule has 1 N–H and O–H groups in total. The minimum absolute atomic E-state index is 0.108. The van der Waals surface area contributed by atoms with Crippen molar-refractivity contribution in [2.45, 2.75) is 26.3 Å². The molecule has 126 valence electrons. The average Bonchev–Trinajstić information content (AvgIpc) is 2.58. The van der Waals surface area contributed by atoms with Crippen LogP contribution in [0.25, 0.3) is 0 Å². The van der Waals surface area contributed by atoms with E-state index in [1.165, 1.54) is 6.07 Å². The summed E-state index contributed by atoms with van der Waals surface area (Å²) in [4.78, 5) is 23.9. The molecule has 2 aromatic carbocycles. The van der Waals surface area contributed by atoms with Crippen LogP contribution in [-0.2, 0) is 9.53 Å². The predicted molar refractivity (Wildman–Crippen MR) is 94.1 cm³/mol. The maximum Gasteiger partial charge on any atom is 0.338 e. The van der Waals surface area contributed by atoms with Gasteiger partial charge in [0.2, 0.25) is 0 Å². The van der Waals surface area contributed by atoms with E-state index in [4.69, 9.17) is 16.3 Å². The van der Waals surface area contributed by atoms with Crippen LogP contribution in [0.4, 0.5) is 0 Å². The van der Waals surface area contributed by atoms with Gasteiger partial charge in [-0.1, -0.05) is 54.4 Å². The lowest BCUT2D eigenvalue weighted by atomic mass is 10.0. The van der Waals surface area contributed by atoms with Gasteiger partial charge in [-0.05, 0) is 37.1 Å². The molecule has 0 heterocycles. The van der Waals surface area contributed by atoms with Crippen LogP contribution in [0.1, 0.15) is 40.9 Å². The van der Waals surface area contributed by atoms with E-state index in [0.29, 0.717) is 10.6 Å². The molecule has 0 aliphatic heterocycles. The summed E-state index contributed by atoms with van der Waals surface area (Å²) in [5, 5.41) is 3.32. The Morgan fingerprint density at radius 3 is 2.50 bits per heavy atom. The van der Waals surface area contributed by atoms with Crippen molar-refractivity contribution < 1.29 is 14.3 Å². The van der Waals surface area contributed by atoms with E-state index in [1.807, 2.05) is 38.1 Å². The Bertz CT molecular complexity index is 713. The second-order valence-corrected chi connectivity index (χ2v) is 5.96. The van der Waals surface area contributed by atoms with Crippen molar-refractivity contribution in [1.29, 1.82) is 0 Å². The van der Waals surface area contributed by atoms with Gasteiger partial charge < -0.3 is 10.1 Å². The topological polar surface area (TPSA) is 55.4 Å². The predicted octanol–water partition coefficient (Wildman–Crippen LogP) is 4.07. The van der Waals surface area contributed by atoms with Crippen molar-refractivity contribution in [3.63, 3.8) is 0 Å². The monoisotopic (exact) mass is 345 g/mol. The fourth-order valence-electron chi connectivity index (χ4n) is 2.29. The van der Waals surface area contributed by atoms with Crippen LogP contribution in [0.3, 0.4) is 0 Å². The highest BCUT2D eigenvalue weighted by Crippen LogP contribution is 2.17. The maximum atomic E-state index is 12.0. The van der Waals surface area contributed by atoms with E-state index in [-0.39, 0.29) is 18.6 Å². The molecule has 0 aromatic heterocycles. The zero-order chi connectivity index (χ0) is 17.5. The standard InChI is InChI=1S/C19H20ClNO3/c1-3-17(14-9-7-13(2)8-10-14)21-18(22)12-24-19(23)15-5-4-6-16(20)11-15/h4-11,17H,3,12H2,1-2H3,(H,21,22)/t17-/m0/s1. The smallest absolute Gasteiger partial charge is 0.338 e. The number of aryl methyl sites for hydroxylation is 1. The minimum atomic E-state index is -0.573. The van der Waals surface area contributed by atoms with Gasteiger partial charge in [-0.15, -0.1) is 0 Å². The summed E-state index contributed by atoms with van der Waals surface area (Å²) in [6, 6.07) is 14.3. The first-order valence-corrected chi connectivity index (χ1v) is 8.16. The molecule has 2 rings (SSSR count). The van der Waals surface area contributed by atoms with Crippen LogP contribution >= 0.6 is 11.6 Å². The average molecular weight is 346 g/mol.